The molecule has 0 radical (unpaired) electrons. The zero-order valence-electron chi connectivity index (χ0n) is 23.9. The first-order valence-electron chi connectivity index (χ1n) is 13.2. The van der Waals surface area contributed by atoms with E-state index in [2.05, 4.69) is 10.6 Å². The molecule has 2 atom stereocenters. The number of amides is 4. The van der Waals surface area contributed by atoms with Crippen molar-refractivity contribution in [2.24, 2.45) is 5.73 Å². The van der Waals surface area contributed by atoms with Crippen LogP contribution in [0.1, 0.15) is 73.9 Å². The van der Waals surface area contributed by atoms with Crippen LogP contribution in [-0.2, 0) is 19.1 Å². The van der Waals surface area contributed by atoms with Crippen molar-refractivity contribution in [2.45, 2.75) is 91.5 Å². The van der Waals surface area contributed by atoms with Crippen LogP contribution in [0.4, 0.5) is 10.5 Å². The fourth-order valence-electron chi connectivity index (χ4n) is 4.59. The van der Waals surface area contributed by atoms with Gasteiger partial charge in [0.05, 0.1) is 6.42 Å². The van der Waals surface area contributed by atoms with Gasteiger partial charge in [-0.2, -0.15) is 0 Å². The number of nitrogens with one attached hydrogen (secondary N) is 2. The maximum Gasteiger partial charge on any atom is 0.408 e. The molecule has 4 amide bonds. The number of ether oxygens (including phenoxy) is 1. The second-order valence-corrected chi connectivity index (χ2v) is 11.3. The Morgan fingerprint density at radius 1 is 0.974 bits per heavy atom. The first kappa shape index (κ1) is 29.7. The van der Waals surface area contributed by atoms with Gasteiger partial charge in [-0.1, -0.05) is 36.4 Å². The molecule has 0 aromatic heterocycles. The minimum atomic E-state index is -1.29. The number of primary amides is 1. The van der Waals surface area contributed by atoms with Gasteiger partial charge < -0.3 is 26.0 Å². The minimum absolute atomic E-state index is 0.234. The molecule has 0 heterocycles. The number of carbonyl (C=O) groups excluding carboxylic acids is 4. The zero-order chi connectivity index (χ0) is 29.1. The topological polar surface area (TPSA) is 131 Å². The number of aryl methyl sites for hydroxylation is 3. The molecule has 0 aliphatic heterocycles. The molecule has 2 aromatic rings. The van der Waals surface area contributed by atoms with Crippen LogP contribution in [-0.4, -0.2) is 46.4 Å². The first-order valence-corrected chi connectivity index (χ1v) is 13.2. The Kier molecular flexibility index (Phi) is 9.04. The molecule has 3 rings (SSSR count). The van der Waals surface area contributed by atoms with Gasteiger partial charge in [0.2, 0.25) is 11.8 Å². The normalized spacial score (nSPS) is 14.6. The number of nitrogens with two attached hydrogens (primary N) is 1. The van der Waals surface area contributed by atoms with Crippen LogP contribution < -0.4 is 16.4 Å². The molecule has 1 aliphatic carbocycles. The van der Waals surface area contributed by atoms with E-state index in [1.165, 1.54) is 4.90 Å². The molecule has 1 aliphatic rings. The summed E-state index contributed by atoms with van der Waals surface area (Å²) in [6, 6.07) is 8.85. The monoisotopic (exact) mass is 536 g/mol. The summed E-state index contributed by atoms with van der Waals surface area (Å²) in [4.78, 5) is 54.3. The quantitative estimate of drug-likeness (QED) is 0.438. The molecule has 9 nitrogen and oxygen atoms in total. The van der Waals surface area contributed by atoms with Gasteiger partial charge in [-0.05, 0) is 89.1 Å². The number of nitrogens with zero attached hydrogens (tertiary/aromatic N) is 1. The van der Waals surface area contributed by atoms with Crippen molar-refractivity contribution >= 4 is 29.5 Å². The lowest BCUT2D eigenvalue weighted by Gasteiger charge is -2.35. The maximum absolute atomic E-state index is 14.1. The van der Waals surface area contributed by atoms with E-state index in [9.17, 15) is 19.2 Å². The molecule has 2 unspecified atom stereocenters. The van der Waals surface area contributed by atoms with E-state index < -0.39 is 42.0 Å². The van der Waals surface area contributed by atoms with Crippen LogP contribution >= 0.6 is 0 Å². The van der Waals surface area contributed by atoms with Crippen LogP contribution in [0.25, 0.3) is 0 Å². The van der Waals surface area contributed by atoms with Crippen LogP contribution in [0.15, 0.2) is 36.4 Å². The van der Waals surface area contributed by atoms with E-state index >= 15 is 0 Å². The summed E-state index contributed by atoms with van der Waals surface area (Å²) < 4.78 is 5.34. The van der Waals surface area contributed by atoms with Gasteiger partial charge in [0.25, 0.3) is 5.91 Å². The standard InChI is InChI=1S/C30H40N4O5/c1-17-10-9-13-22(20(17)4)26(27(36)33-25-18(2)11-8-12-19(25)3)34(21-14-15-21)28(37)23(16-24(31)35)32-29(38)39-30(5,6)7/h8-13,21,23,26H,14-16H2,1-7H3,(H2,31,35)(H,32,38)(H,33,36). The fraction of sp³-hybridized carbons (Fsp3) is 0.467. The summed E-state index contributed by atoms with van der Waals surface area (Å²) >= 11 is 0. The van der Waals surface area contributed by atoms with Crippen molar-refractivity contribution in [1.82, 2.24) is 10.2 Å². The molecule has 0 spiro atoms. The van der Waals surface area contributed by atoms with Crippen LogP contribution in [0.3, 0.4) is 0 Å². The average molecular weight is 537 g/mol. The average Bonchev–Trinajstić information content (AvgIpc) is 3.64. The summed E-state index contributed by atoms with van der Waals surface area (Å²) in [6.07, 6.45) is 0.111. The third-order valence-electron chi connectivity index (χ3n) is 6.79. The Bertz CT molecular complexity index is 1240. The van der Waals surface area contributed by atoms with E-state index in [0.717, 1.165) is 22.3 Å². The second kappa shape index (κ2) is 11.9. The van der Waals surface area contributed by atoms with E-state index in [4.69, 9.17) is 10.5 Å². The number of anilines is 1. The molecule has 210 valence electrons. The van der Waals surface area contributed by atoms with Gasteiger partial charge in [0.15, 0.2) is 0 Å². The SMILES string of the molecule is Cc1cccc(C(C(=O)Nc2c(C)cccc2C)N(C(=O)C(CC(N)=O)NC(=O)OC(C)(C)C)C2CC2)c1C. The highest BCUT2D eigenvalue weighted by molar-refractivity contribution is 6.01. The molecular formula is C30H40N4O5. The smallest absolute Gasteiger partial charge is 0.408 e. The number of benzene rings is 2. The fourth-order valence-corrected chi connectivity index (χ4v) is 4.59. The van der Waals surface area contributed by atoms with Crippen molar-refractivity contribution in [3.63, 3.8) is 0 Å². The molecule has 1 saturated carbocycles. The van der Waals surface area contributed by atoms with Gasteiger partial charge in [-0.25, -0.2) is 4.79 Å². The van der Waals surface area contributed by atoms with Crippen LogP contribution in [0.5, 0.6) is 0 Å². The highest BCUT2D eigenvalue weighted by Gasteiger charge is 2.45. The second-order valence-electron chi connectivity index (χ2n) is 11.3. The molecule has 0 saturated heterocycles. The Labute approximate surface area is 230 Å². The summed E-state index contributed by atoms with van der Waals surface area (Å²) in [5.74, 6) is -1.70. The van der Waals surface area contributed by atoms with E-state index in [-0.39, 0.29) is 11.9 Å². The van der Waals surface area contributed by atoms with Crippen molar-refractivity contribution in [3.05, 3.63) is 64.2 Å². The third kappa shape index (κ3) is 7.59. The number of hydrogen-bond donors (Lipinski definition) is 3. The third-order valence-corrected chi connectivity index (χ3v) is 6.79. The van der Waals surface area contributed by atoms with E-state index in [1.807, 2.05) is 64.1 Å². The van der Waals surface area contributed by atoms with Gasteiger partial charge in [-0.15, -0.1) is 0 Å². The Hall–Kier alpha value is -3.88. The predicted molar refractivity (Wildman–Crippen MR) is 150 cm³/mol. The molecule has 4 N–H and O–H groups in total. The van der Waals surface area contributed by atoms with Crippen molar-refractivity contribution < 1.29 is 23.9 Å². The van der Waals surface area contributed by atoms with Crippen LogP contribution in [0, 0.1) is 27.7 Å². The number of rotatable bonds is 9. The lowest BCUT2D eigenvalue weighted by Crippen LogP contribution is -2.54. The van der Waals surface area contributed by atoms with Crippen molar-refractivity contribution in [1.29, 1.82) is 0 Å². The van der Waals surface area contributed by atoms with Gasteiger partial charge in [0.1, 0.15) is 17.7 Å². The molecule has 0 bridgehead atoms. The van der Waals surface area contributed by atoms with Gasteiger partial charge in [-0.3, -0.25) is 14.4 Å². The summed E-state index contributed by atoms with van der Waals surface area (Å²) in [7, 11) is 0. The molecule has 1 fully saturated rings. The molecule has 9 heteroatoms. The lowest BCUT2D eigenvalue weighted by atomic mass is 9.94. The summed E-state index contributed by atoms with van der Waals surface area (Å²) in [6.45, 7) is 12.8. The minimum Gasteiger partial charge on any atom is -0.444 e. The number of para-hydroxylation sites is 1. The maximum atomic E-state index is 14.1. The van der Waals surface area contributed by atoms with E-state index in [1.54, 1.807) is 20.8 Å². The lowest BCUT2D eigenvalue weighted by molar-refractivity contribution is -0.142. The highest BCUT2D eigenvalue weighted by Crippen LogP contribution is 2.38. The first-order chi connectivity index (χ1) is 18.2. The zero-order valence-corrected chi connectivity index (χ0v) is 23.9. The van der Waals surface area contributed by atoms with E-state index in [0.29, 0.717) is 24.1 Å². The van der Waals surface area contributed by atoms with Gasteiger partial charge in [0, 0.05) is 11.7 Å². The Morgan fingerprint density at radius 3 is 2.08 bits per heavy atom. The summed E-state index contributed by atoms with van der Waals surface area (Å²) in [5, 5.41) is 5.58. The summed E-state index contributed by atoms with van der Waals surface area (Å²) in [5.41, 5.74) is 9.66. The van der Waals surface area contributed by atoms with Crippen molar-refractivity contribution in [3.8, 4) is 0 Å². The number of carbonyl (C=O) groups is 4. The Balaban J connectivity index is 2.07. The van der Waals surface area contributed by atoms with Crippen molar-refractivity contribution in [2.75, 3.05) is 5.32 Å². The number of hydrogen-bond acceptors (Lipinski definition) is 5. The van der Waals surface area contributed by atoms with Gasteiger partial charge >= 0.3 is 6.09 Å². The Morgan fingerprint density at radius 2 is 1.54 bits per heavy atom. The number of alkyl carbamates (subject to hydrolysis) is 1. The largest absolute Gasteiger partial charge is 0.444 e. The van der Waals surface area contributed by atoms with Crippen LogP contribution in [0.2, 0.25) is 0 Å². The molecular weight excluding hydrogens is 496 g/mol. The molecule has 39 heavy (non-hydrogen) atoms. The molecule has 2 aromatic carbocycles. The highest BCUT2D eigenvalue weighted by atomic mass is 16.6. The predicted octanol–water partition coefficient (Wildman–Crippen LogP) is 4.36.